The molecule has 2 aliphatic carbocycles. The lowest BCUT2D eigenvalue weighted by Crippen LogP contribution is -2.39. The lowest BCUT2D eigenvalue weighted by Gasteiger charge is -2.30. The van der Waals surface area contributed by atoms with Gasteiger partial charge in [0.25, 0.3) is 0 Å². The molecule has 1 aromatic heterocycles. The fraction of sp³-hybridized carbons (Fsp3) is 0.133. The molecular weight excluding hydrogens is 404 g/mol. The van der Waals surface area contributed by atoms with E-state index in [2.05, 4.69) is 71.0 Å². The first-order chi connectivity index (χ1) is 16.3. The largest absolute Gasteiger partial charge is 0.364 e. The molecule has 0 amide bonds. The lowest BCUT2D eigenvalue weighted by molar-refractivity contribution is 0.0943. The minimum absolute atomic E-state index is 0.110. The van der Waals surface area contributed by atoms with Gasteiger partial charge in [-0.05, 0) is 69.8 Å². The molecule has 0 radical (unpaired) electrons. The first-order valence-electron chi connectivity index (χ1n) is 11.5. The maximum absolute atomic E-state index is 13.5. The number of pyridine rings is 1. The highest BCUT2D eigenvalue weighted by atomic mass is 16.1. The van der Waals surface area contributed by atoms with E-state index >= 15 is 0 Å². The Bertz CT molecular complexity index is 1460. The van der Waals surface area contributed by atoms with Gasteiger partial charge < -0.3 is 5.32 Å². The second-order valence-corrected chi connectivity index (χ2v) is 8.77. The van der Waals surface area contributed by atoms with Crippen LogP contribution in [0.2, 0.25) is 0 Å². The third-order valence-electron chi connectivity index (χ3n) is 6.89. The summed E-state index contributed by atoms with van der Waals surface area (Å²) >= 11 is 0. The summed E-state index contributed by atoms with van der Waals surface area (Å²) in [5, 5.41) is 5.90. The average molecular weight is 429 g/mol. The Morgan fingerprint density at radius 2 is 1.88 bits per heavy atom. The number of hydrogen-bond acceptors (Lipinski definition) is 3. The summed E-state index contributed by atoms with van der Waals surface area (Å²) in [4.78, 5) is 17.7. The Balaban J connectivity index is 1.55. The minimum Gasteiger partial charge on any atom is -0.364 e. The molecule has 2 aromatic carbocycles. The van der Waals surface area contributed by atoms with Crippen molar-refractivity contribution in [3.05, 3.63) is 124 Å². The van der Waals surface area contributed by atoms with Crippen molar-refractivity contribution in [1.29, 1.82) is 0 Å². The van der Waals surface area contributed by atoms with Crippen LogP contribution in [-0.4, -0.2) is 10.8 Å². The van der Waals surface area contributed by atoms with Crippen molar-refractivity contribution in [1.82, 2.24) is 10.3 Å². The Kier molecular flexibility index (Phi) is 4.88. The number of carbonyl (C=O) groups is 1. The van der Waals surface area contributed by atoms with Gasteiger partial charge in [-0.15, -0.1) is 0 Å². The molecule has 2 atom stereocenters. The van der Waals surface area contributed by atoms with Gasteiger partial charge in [0.15, 0.2) is 5.78 Å². The smallest absolute Gasteiger partial charge is 0.171 e. The summed E-state index contributed by atoms with van der Waals surface area (Å²) in [6, 6.07) is 16.8. The minimum atomic E-state index is -0.206. The van der Waals surface area contributed by atoms with E-state index in [1.165, 1.54) is 32.7 Å². The van der Waals surface area contributed by atoms with E-state index in [0.29, 0.717) is 5.56 Å². The predicted octanol–water partition coefficient (Wildman–Crippen LogP) is 4.41. The van der Waals surface area contributed by atoms with Crippen LogP contribution in [0.15, 0.2) is 97.1 Å². The van der Waals surface area contributed by atoms with Crippen LogP contribution in [0.3, 0.4) is 0 Å². The third kappa shape index (κ3) is 3.46. The summed E-state index contributed by atoms with van der Waals surface area (Å²) in [5.41, 5.74) is 6.96. The number of allylic oxidation sites excluding steroid dienone is 5. The van der Waals surface area contributed by atoms with Crippen LogP contribution in [0, 0.1) is 5.92 Å². The molecule has 0 bridgehead atoms. The van der Waals surface area contributed by atoms with E-state index in [1.807, 2.05) is 30.5 Å². The fourth-order valence-electron chi connectivity index (χ4n) is 5.31. The van der Waals surface area contributed by atoms with Gasteiger partial charge in [0.05, 0.1) is 0 Å². The van der Waals surface area contributed by atoms with Crippen LogP contribution in [0.5, 0.6) is 0 Å². The number of ketones is 1. The van der Waals surface area contributed by atoms with Gasteiger partial charge in [0.2, 0.25) is 0 Å². The molecular formula is C30H24N2O. The Labute approximate surface area is 193 Å². The molecule has 2 heterocycles. The maximum atomic E-state index is 13.5. The van der Waals surface area contributed by atoms with E-state index in [0.717, 1.165) is 18.5 Å². The van der Waals surface area contributed by atoms with E-state index in [1.54, 1.807) is 12.4 Å². The molecule has 33 heavy (non-hydrogen) atoms. The van der Waals surface area contributed by atoms with Crippen LogP contribution in [0.1, 0.15) is 33.8 Å². The fourth-order valence-corrected chi connectivity index (χ4v) is 5.31. The van der Waals surface area contributed by atoms with Crippen LogP contribution in [0.25, 0.3) is 23.3 Å². The number of rotatable bonds is 3. The van der Waals surface area contributed by atoms with Crippen LogP contribution < -0.4 is 15.8 Å². The highest BCUT2D eigenvalue weighted by molar-refractivity contribution is 6.01. The molecule has 0 saturated carbocycles. The second-order valence-electron chi connectivity index (χ2n) is 8.77. The normalized spacial score (nSPS) is 20.1. The number of fused-ring (bicyclic) bond motifs is 5. The third-order valence-corrected chi connectivity index (χ3v) is 6.89. The van der Waals surface area contributed by atoms with Gasteiger partial charge in [0.1, 0.15) is 0 Å². The van der Waals surface area contributed by atoms with Crippen molar-refractivity contribution < 1.29 is 4.79 Å². The van der Waals surface area contributed by atoms with E-state index in [-0.39, 0.29) is 17.6 Å². The van der Waals surface area contributed by atoms with Crippen molar-refractivity contribution in [3.8, 4) is 11.1 Å². The SMILES string of the molecule is O=C(c1cccnc1)C1C=c2c(ccc3c2=CCc2ccccc2-3)C(C2=CC=CC=CN2)C1. The molecule has 3 nitrogen and oxygen atoms in total. The monoisotopic (exact) mass is 428 g/mol. The molecule has 160 valence electrons. The van der Waals surface area contributed by atoms with E-state index in [4.69, 9.17) is 0 Å². The van der Waals surface area contributed by atoms with Crippen molar-refractivity contribution in [2.24, 2.45) is 5.92 Å². The number of hydrogen-bond donors (Lipinski definition) is 1. The molecule has 0 fully saturated rings. The molecule has 1 N–H and O–H groups in total. The first-order valence-corrected chi connectivity index (χ1v) is 11.5. The van der Waals surface area contributed by atoms with Gasteiger partial charge in [-0.3, -0.25) is 9.78 Å². The molecule has 1 aliphatic heterocycles. The molecule has 3 aromatic rings. The quantitative estimate of drug-likeness (QED) is 0.629. The molecule has 3 aliphatic rings. The van der Waals surface area contributed by atoms with Crippen LogP contribution >= 0.6 is 0 Å². The zero-order valence-corrected chi connectivity index (χ0v) is 18.2. The molecule has 2 unspecified atom stereocenters. The number of benzene rings is 2. The van der Waals surface area contributed by atoms with E-state index in [9.17, 15) is 4.79 Å². The van der Waals surface area contributed by atoms with Crippen LogP contribution in [-0.2, 0) is 6.42 Å². The zero-order valence-electron chi connectivity index (χ0n) is 18.2. The zero-order chi connectivity index (χ0) is 22.2. The van der Waals surface area contributed by atoms with Crippen molar-refractivity contribution in [3.63, 3.8) is 0 Å². The van der Waals surface area contributed by atoms with Crippen molar-refractivity contribution in [2.45, 2.75) is 18.8 Å². The number of nitrogens with one attached hydrogen (secondary N) is 1. The van der Waals surface area contributed by atoms with Crippen molar-refractivity contribution in [2.75, 3.05) is 0 Å². The highest BCUT2D eigenvalue weighted by Crippen LogP contribution is 2.35. The Morgan fingerprint density at radius 3 is 2.79 bits per heavy atom. The van der Waals surface area contributed by atoms with Gasteiger partial charge >= 0.3 is 0 Å². The molecule has 0 spiro atoms. The van der Waals surface area contributed by atoms with Gasteiger partial charge in [-0.1, -0.05) is 60.7 Å². The Hall–Kier alpha value is -3.98. The number of carbonyl (C=O) groups excluding carboxylic acids is 1. The summed E-state index contributed by atoms with van der Waals surface area (Å²) in [6.45, 7) is 0. The Morgan fingerprint density at radius 1 is 0.939 bits per heavy atom. The molecule has 0 saturated heterocycles. The van der Waals surface area contributed by atoms with Gasteiger partial charge in [-0.2, -0.15) is 0 Å². The topological polar surface area (TPSA) is 42.0 Å². The summed E-state index contributed by atoms with van der Waals surface area (Å²) in [6.07, 6.45) is 19.7. The standard InChI is InChI=1S/C30H24N2O/c33-30(21-8-6-15-31-19-21)22-17-27-25-12-11-20-7-3-4-9-23(20)24(25)13-14-26(27)28(18-22)29-10-2-1-5-16-32-29/h1-10,12-17,19,22,28,32H,11,18H2. The predicted molar refractivity (Wildman–Crippen MR) is 133 cm³/mol. The van der Waals surface area contributed by atoms with E-state index < -0.39 is 0 Å². The number of Topliss-reactive ketones (excluding diaryl/α,β-unsaturated/α-hetero) is 1. The van der Waals surface area contributed by atoms with Gasteiger partial charge in [0, 0.05) is 41.7 Å². The molecule has 3 heteroatoms. The lowest BCUT2D eigenvalue weighted by atomic mass is 9.75. The summed E-state index contributed by atoms with van der Waals surface area (Å²) in [7, 11) is 0. The summed E-state index contributed by atoms with van der Waals surface area (Å²) < 4.78 is 0. The summed E-state index contributed by atoms with van der Waals surface area (Å²) in [5.74, 6) is 0.0365. The average Bonchev–Trinajstić information content (AvgIpc) is 3.17. The van der Waals surface area contributed by atoms with Crippen LogP contribution in [0.4, 0.5) is 0 Å². The number of aromatic nitrogens is 1. The van der Waals surface area contributed by atoms with Crippen molar-refractivity contribution >= 4 is 17.9 Å². The van der Waals surface area contributed by atoms with Gasteiger partial charge in [-0.25, -0.2) is 0 Å². The second kappa shape index (κ2) is 8.18. The molecule has 6 rings (SSSR count). The highest BCUT2D eigenvalue weighted by Gasteiger charge is 2.31. The number of nitrogens with zero attached hydrogens (tertiary/aromatic N) is 1. The maximum Gasteiger partial charge on any atom is 0.171 e. The first kappa shape index (κ1) is 19.7.